The quantitative estimate of drug-likeness (QED) is 0.872. The number of anilines is 2. The maximum atomic E-state index is 5.81. The van der Waals surface area contributed by atoms with Crippen molar-refractivity contribution in [2.75, 3.05) is 23.7 Å². The van der Waals surface area contributed by atoms with Crippen LogP contribution in [-0.4, -0.2) is 18.1 Å². The third-order valence-corrected chi connectivity index (χ3v) is 3.64. The van der Waals surface area contributed by atoms with E-state index in [1.807, 2.05) is 12.1 Å². The molecule has 1 aromatic heterocycles. The minimum atomic E-state index is 0.810. The van der Waals surface area contributed by atoms with Crippen molar-refractivity contribution in [3.63, 3.8) is 0 Å². The molecule has 1 aliphatic rings. The number of pyridine rings is 1. The lowest BCUT2D eigenvalue weighted by Crippen LogP contribution is -2.25. The highest BCUT2D eigenvalue weighted by molar-refractivity contribution is 5.50. The van der Waals surface area contributed by atoms with E-state index in [1.54, 1.807) is 6.20 Å². The minimum absolute atomic E-state index is 0.810. The summed E-state index contributed by atoms with van der Waals surface area (Å²) in [5.41, 5.74) is 6.62. The molecule has 2 heterocycles. The fourth-order valence-electron chi connectivity index (χ4n) is 2.70. The summed E-state index contributed by atoms with van der Waals surface area (Å²) in [5, 5.41) is 0. The zero-order chi connectivity index (χ0) is 12.1. The molecule has 0 bridgehead atoms. The van der Waals surface area contributed by atoms with Crippen molar-refractivity contribution in [1.82, 2.24) is 4.98 Å². The van der Waals surface area contributed by atoms with Gasteiger partial charge in [-0.2, -0.15) is 0 Å². The van der Waals surface area contributed by atoms with E-state index in [1.165, 1.54) is 32.1 Å². The standard InChI is InChI=1S/C14H23N3/c1-2-4-12-5-3-9-17(10-7-12)14-11-13(15)6-8-16-14/h6,8,11-12H,2-5,7,9-10H2,1H3,(H2,15,16). The second-order valence-corrected chi connectivity index (χ2v) is 5.02. The van der Waals surface area contributed by atoms with E-state index in [2.05, 4.69) is 16.8 Å². The molecule has 0 amide bonds. The van der Waals surface area contributed by atoms with Gasteiger partial charge >= 0.3 is 0 Å². The summed E-state index contributed by atoms with van der Waals surface area (Å²) in [6.07, 6.45) is 8.43. The Morgan fingerprint density at radius 3 is 3.06 bits per heavy atom. The van der Waals surface area contributed by atoms with Crippen LogP contribution in [0.1, 0.15) is 39.0 Å². The average molecular weight is 233 g/mol. The van der Waals surface area contributed by atoms with Gasteiger partial charge in [-0.3, -0.25) is 0 Å². The lowest BCUT2D eigenvalue weighted by atomic mass is 9.96. The first-order valence-electron chi connectivity index (χ1n) is 6.76. The van der Waals surface area contributed by atoms with Crippen molar-refractivity contribution in [1.29, 1.82) is 0 Å². The van der Waals surface area contributed by atoms with Crippen molar-refractivity contribution >= 4 is 11.5 Å². The molecule has 94 valence electrons. The Hall–Kier alpha value is -1.25. The molecule has 0 spiro atoms. The van der Waals surface area contributed by atoms with E-state index in [9.17, 15) is 0 Å². The van der Waals surface area contributed by atoms with Gasteiger partial charge in [0.05, 0.1) is 0 Å². The predicted molar refractivity (Wildman–Crippen MR) is 73.1 cm³/mol. The summed E-state index contributed by atoms with van der Waals surface area (Å²) < 4.78 is 0. The number of rotatable bonds is 3. The van der Waals surface area contributed by atoms with Crippen LogP contribution in [0.3, 0.4) is 0 Å². The number of aromatic nitrogens is 1. The first-order valence-corrected chi connectivity index (χ1v) is 6.76. The SMILES string of the molecule is CCCC1CCCN(c2cc(N)ccn2)CC1. The number of nitrogen functional groups attached to an aromatic ring is 1. The molecule has 2 rings (SSSR count). The van der Waals surface area contributed by atoms with Gasteiger partial charge in [0.1, 0.15) is 5.82 Å². The molecule has 3 heteroatoms. The molecule has 3 nitrogen and oxygen atoms in total. The molecular formula is C14H23N3. The third kappa shape index (κ3) is 3.35. The van der Waals surface area contributed by atoms with Gasteiger partial charge in [-0.05, 0) is 31.2 Å². The van der Waals surface area contributed by atoms with E-state index in [4.69, 9.17) is 5.73 Å². The number of nitrogens with two attached hydrogens (primary N) is 1. The number of hydrogen-bond donors (Lipinski definition) is 1. The smallest absolute Gasteiger partial charge is 0.130 e. The molecule has 0 radical (unpaired) electrons. The fraction of sp³-hybridized carbons (Fsp3) is 0.643. The maximum absolute atomic E-state index is 5.81. The van der Waals surface area contributed by atoms with Gasteiger partial charge in [-0.15, -0.1) is 0 Å². The molecule has 1 fully saturated rings. The minimum Gasteiger partial charge on any atom is -0.399 e. The molecule has 1 atom stereocenters. The lowest BCUT2D eigenvalue weighted by molar-refractivity contribution is 0.435. The highest BCUT2D eigenvalue weighted by Gasteiger charge is 2.17. The second kappa shape index (κ2) is 5.89. The number of nitrogens with zero attached hydrogens (tertiary/aromatic N) is 2. The summed E-state index contributed by atoms with van der Waals surface area (Å²) in [5.74, 6) is 1.95. The number of hydrogen-bond acceptors (Lipinski definition) is 3. The highest BCUT2D eigenvalue weighted by Crippen LogP contribution is 2.24. The van der Waals surface area contributed by atoms with Crippen molar-refractivity contribution in [3.05, 3.63) is 18.3 Å². The Kier molecular flexibility index (Phi) is 4.24. The largest absolute Gasteiger partial charge is 0.399 e. The Labute approximate surface area is 104 Å². The Balaban J connectivity index is 1.99. The van der Waals surface area contributed by atoms with Gasteiger partial charge in [-0.25, -0.2) is 4.98 Å². The zero-order valence-electron chi connectivity index (χ0n) is 10.7. The maximum Gasteiger partial charge on any atom is 0.130 e. The monoisotopic (exact) mass is 233 g/mol. The summed E-state index contributed by atoms with van der Waals surface area (Å²) in [4.78, 5) is 6.80. The van der Waals surface area contributed by atoms with E-state index in [-0.39, 0.29) is 0 Å². The van der Waals surface area contributed by atoms with Crippen molar-refractivity contribution in [2.45, 2.75) is 39.0 Å². The van der Waals surface area contributed by atoms with E-state index in [0.29, 0.717) is 0 Å². The third-order valence-electron chi connectivity index (χ3n) is 3.64. The van der Waals surface area contributed by atoms with Crippen LogP contribution in [0.5, 0.6) is 0 Å². The first kappa shape index (κ1) is 12.2. The van der Waals surface area contributed by atoms with Gasteiger partial charge in [0, 0.05) is 31.0 Å². The van der Waals surface area contributed by atoms with E-state index >= 15 is 0 Å². The topological polar surface area (TPSA) is 42.1 Å². The summed E-state index contributed by atoms with van der Waals surface area (Å²) in [6, 6.07) is 3.83. The van der Waals surface area contributed by atoms with Crippen LogP contribution >= 0.6 is 0 Å². The molecule has 1 aliphatic heterocycles. The molecule has 17 heavy (non-hydrogen) atoms. The molecule has 1 saturated heterocycles. The van der Waals surface area contributed by atoms with Crippen molar-refractivity contribution in [2.24, 2.45) is 5.92 Å². The van der Waals surface area contributed by atoms with Crippen LogP contribution in [0.25, 0.3) is 0 Å². The van der Waals surface area contributed by atoms with Crippen LogP contribution < -0.4 is 10.6 Å². The van der Waals surface area contributed by atoms with E-state index < -0.39 is 0 Å². The summed E-state index contributed by atoms with van der Waals surface area (Å²) in [6.45, 7) is 4.53. The molecule has 1 unspecified atom stereocenters. The van der Waals surface area contributed by atoms with Gasteiger partial charge in [-0.1, -0.05) is 19.8 Å². The average Bonchev–Trinajstić information content (AvgIpc) is 2.55. The van der Waals surface area contributed by atoms with Crippen LogP contribution in [0.15, 0.2) is 18.3 Å². The molecule has 1 aromatic rings. The van der Waals surface area contributed by atoms with Crippen molar-refractivity contribution in [3.8, 4) is 0 Å². The Morgan fingerprint density at radius 2 is 2.29 bits per heavy atom. The van der Waals surface area contributed by atoms with Crippen LogP contribution in [0.4, 0.5) is 11.5 Å². The van der Waals surface area contributed by atoms with Gasteiger partial charge in [0.2, 0.25) is 0 Å². The summed E-state index contributed by atoms with van der Waals surface area (Å²) in [7, 11) is 0. The van der Waals surface area contributed by atoms with Crippen molar-refractivity contribution < 1.29 is 0 Å². The van der Waals surface area contributed by atoms with Gasteiger partial charge in [0.25, 0.3) is 0 Å². The first-order chi connectivity index (χ1) is 8.29. The Morgan fingerprint density at radius 1 is 1.41 bits per heavy atom. The molecular weight excluding hydrogens is 210 g/mol. The lowest BCUT2D eigenvalue weighted by Gasteiger charge is -2.21. The zero-order valence-corrected chi connectivity index (χ0v) is 10.7. The highest BCUT2D eigenvalue weighted by atomic mass is 15.2. The van der Waals surface area contributed by atoms with Gasteiger partial charge < -0.3 is 10.6 Å². The predicted octanol–water partition coefficient (Wildman–Crippen LogP) is 3.07. The normalized spacial score (nSPS) is 21.2. The molecule has 0 aliphatic carbocycles. The van der Waals surface area contributed by atoms with Crippen LogP contribution in [0.2, 0.25) is 0 Å². The van der Waals surface area contributed by atoms with Crippen LogP contribution in [0, 0.1) is 5.92 Å². The Bertz CT molecular complexity index is 351. The molecule has 2 N–H and O–H groups in total. The summed E-state index contributed by atoms with van der Waals surface area (Å²) >= 11 is 0. The van der Waals surface area contributed by atoms with Gasteiger partial charge in [0.15, 0.2) is 0 Å². The fourth-order valence-corrected chi connectivity index (χ4v) is 2.70. The second-order valence-electron chi connectivity index (χ2n) is 5.02. The molecule has 0 aromatic carbocycles. The van der Waals surface area contributed by atoms with Crippen LogP contribution in [-0.2, 0) is 0 Å². The molecule has 0 saturated carbocycles. The van der Waals surface area contributed by atoms with E-state index in [0.717, 1.165) is 30.5 Å².